The Kier molecular flexibility index (Phi) is 8.94. The predicted octanol–water partition coefficient (Wildman–Crippen LogP) is 4.40. The highest BCUT2D eigenvalue weighted by Crippen LogP contribution is 2.44. The van der Waals surface area contributed by atoms with Crippen molar-refractivity contribution in [1.29, 1.82) is 0 Å². The molecule has 7 heteroatoms. The number of benzene rings is 3. The Morgan fingerprint density at radius 3 is 1.97 bits per heavy atom. The lowest BCUT2D eigenvalue weighted by atomic mass is 9.92. The van der Waals surface area contributed by atoms with Crippen molar-refractivity contribution in [3.05, 3.63) is 96.1 Å². The number of carbonyl (C=O) groups is 2. The number of aliphatic carboxylic acids is 1. The molecule has 1 unspecified atom stereocenters. The lowest BCUT2D eigenvalue weighted by Gasteiger charge is -2.21. The van der Waals surface area contributed by atoms with E-state index < -0.39 is 31.1 Å². The van der Waals surface area contributed by atoms with Crippen LogP contribution in [0.15, 0.2) is 84.9 Å². The molecule has 0 aliphatic rings. The van der Waals surface area contributed by atoms with Gasteiger partial charge in [-0.3, -0.25) is 14.2 Å². The molecule has 0 fully saturated rings. The van der Waals surface area contributed by atoms with Crippen molar-refractivity contribution in [2.24, 2.45) is 11.7 Å². The summed E-state index contributed by atoms with van der Waals surface area (Å²) in [5, 5.41) is 9.10. The fourth-order valence-corrected chi connectivity index (χ4v) is 5.70. The summed E-state index contributed by atoms with van der Waals surface area (Å²) >= 11 is 0. The van der Waals surface area contributed by atoms with Crippen molar-refractivity contribution in [2.75, 3.05) is 12.3 Å². The van der Waals surface area contributed by atoms with Crippen molar-refractivity contribution in [3.63, 3.8) is 0 Å². The largest absolute Gasteiger partial charge is 0.480 e. The minimum absolute atomic E-state index is 0.0543. The second-order valence-corrected chi connectivity index (χ2v) is 11.1. The standard InChI is InChI=1S/C27H30NO5P/c28-25(27(30)31)18-26(29)24(19-34(32,33)16-15-20-7-3-1-4-8-20)17-21-11-13-23(14-12-21)22-9-5-2-6-10-22/h1-14,24-25H,15-19,28H2,(H,30,31)(H,32,33)/t24-,25+/m1/s1. The molecule has 3 rings (SSSR count). The van der Waals surface area contributed by atoms with E-state index in [2.05, 4.69) is 0 Å². The maximum absolute atomic E-state index is 13.0. The van der Waals surface area contributed by atoms with Crippen LogP contribution in [0, 0.1) is 5.92 Å². The first kappa shape index (κ1) is 25.6. The van der Waals surface area contributed by atoms with Gasteiger partial charge in [0.2, 0.25) is 7.37 Å². The summed E-state index contributed by atoms with van der Waals surface area (Å²) in [6.45, 7) is 0. The molecule has 0 radical (unpaired) electrons. The van der Waals surface area contributed by atoms with Crippen LogP contribution in [-0.2, 0) is 27.0 Å². The van der Waals surface area contributed by atoms with Gasteiger partial charge in [-0.2, -0.15) is 0 Å². The number of rotatable bonds is 12. The second kappa shape index (κ2) is 11.9. The maximum Gasteiger partial charge on any atom is 0.320 e. The fourth-order valence-electron chi connectivity index (χ4n) is 3.88. The average molecular weight is 480 g/mol. The second-order valence-electron chi connectivity index (χ2n) is 8.57. The minimum atomic E-state index is -3.64. The highest BCUT2D eigenvalue weighted by atomic mass is 31.2. The summed E-state index contributed by atoms with van der Waals surface area (Å²) in [6, 6.07) is 25.6. The zero-order chi connectivity index (χ0) is 24.6. The third-order valence-electron chi connectivity index (χ3n) is 5.84. The average Bonchev–Trinajstić information content (AvgIpc) is 2.84. The molecule has 0 bridgehead atoms. The van der Waals surface area contributed by atoms with Crippen LogP contribution in [0.5, 0.6) is 0 Å². The zero-order valence-corrected chi connectivity index (χ0v) is 19.8. The first-order valence-corrected chi connectivity index (χ1v) is 13.3. The summed E-state index contributed by atoms with van der Waals surface area (Å²) in [5.41, 5.74) is 9.45. The minimum Gasteiger partial charge on any atom is -0.480 e. The molecule has 34 heavy (non-hydrogen) atoms. The molecule has 3 atom stereocenters. The van der Waals surface area contributed by atoms with E-state index in [0.29, 0.717) is 6.42 Å². The smallest absolute Gasteiger partial charge is 0.320 e. The number of carboxylic acid groups (broad SMARTS) is 1. The fraction of sp³-hybridized carbons (Fsp3) is 0.259. The molecule has 178 valence electrons. The highest BCUT2D eigenvalue weighted by molar-refractivity contribution is 7.58. The first-order valence-electron chi connectivity index (χ1n) is 11.2. The molecule has 3 aromatic carbocycles. The number of hydrogen-bond donors (Lipinski definition) is 3. The molecule has 0 saturated carbocycles. The topological polar surface area (TPSA) is 118 Å². The van der Waals surface area contributed by atoms with Crippen LogP contribution in [0.25, 0.3) is 11.1 Å². The van der Waals surface area contributed by atoms with Gasteiger partial charge in [0.15, 0.2) is 0 Å². The van der Waals surface area contributed by atoms with Crippen LogP contribution in [0.4, 0.5) is 0 Å². The van der Waals surface area contributed by atoms with Gasteiger partial charge in [-0.1, -0.05) is 84.9 Å². The number of aryl methyl sites for hydroxylation is 1. The van der Waals surface area contributed by atoms with Crippen LogP contribution in [0.2, 0.25) is 0 Å². The Bertz CT molecular complexity index is 1130. The van der Waals surface area contributed by atoms with E-state index >= 15 is 0 Å². The molecular formula is C27H30NO5P. The van der Waals surface area contributed by atoms with E-state index in [1.807, 2.05) is 84.9 Å². The molecule has 0 amide bonds. The van der Waals surface area contributed by atoms with E-state index in [1.54, 1.807) is 0 Å². The van der Waals surface area contributed by atoms with Gasteiger partial charge in [0.1, 0.15) is 11.8 Å². The monoisotopic (exact) mass is 479 g/mol. The van der Waals surface area contributed by atoms with Crippen molar-refractivity contribution >= 4 is 19.1 Å². The number of carboxylic acids is 1. The Morgan fingerprint density at radius 1 is 0.824 bits per heavy atom. The molecule has 0 heterocycles. The van der Waals surface area contributed by atoms with Gasteiger partial charge in [-0.05, 0) is 35.1 Å². The lowest BCUT2D eigenvalue weighted by Crippen LogP contribution is -2.35. The lowest BCUT2D eigenvalue weighted by molar-refractivity contribution is -0.140. The summed E-state index contributed by atoms with van der Waals surface area (Å²) in [6.07, 6.45) is 0.150. The molecule has 0 aromatic heterocycles. The number of nitrogens with two attached hydrogens (primary N) is 1. The molecule has 0 aliphatic carbocycles. The number of ketones is 1. The maximum atomic E-state index is 13.0. The summed E-state index contributed by atoms with van der Waals surface area (Å²) in [7, 11) is -3.64. The van der Waals surface area contributed by atoms with Crippen LogP contribution < -0.4 is 5.73 Å². The molecule has 6 nitrogen and oxygen atoms in total. The van der Waals surface area contributed by atoms with Gasteiger partial charge in [-0.15, -0.1) is 0 Å². The van der Waals surface area contributed by atoms with Crippen molar-refractivity contribution in [3.8, 4) is 11.1 Å². The van der Waals surface area contributed by atoms with Gasteiger partial charge >= 0.3 is 5.97 Å². The van der Waals surface area contributed by atoms with Gasteiger partial charge in [-0.25, -0.2) is 0 Å². The van der Waals surface area contributed by atoms with Crippen molar-refractivity contribution in [1.82, 2.24) is 0 Å². The molecule has 4 N–H and O–H groups in total. The van der Waals surface area contributed by atoms with Gasteiger partial charge < -0.3 is 15.7 Å². The van der Waals surface area contributed by atoms with Gasteiger partial charge in [0, 0.05) is 24.7 Å². The number of carbonyl (C=O) groups excluding carboxylic acids is 1. The Labute approximate surface area is 199 Å². The van der Waals surface area contributed by atoms with E-state index in [1.165, 1.54) is 0 Å². The Hall–Kier alpha value is -3.05. The number of hydrogen-bond acceptors (Lipinski definition) is 4. The van der Waals surface area contributed by atoms with Gasteiger partial charge in [0.05, 0.1) is 0 Å². The van der Waals surface area contributed by atoms with Crippen LogP contribution in [0.3, 0.4) is 0 Å². The highest BCUT2D eigenvalue weighted by Gasteiger charge is 2.31. The zero-order valence-electron chi connectivity index (χ0n) is 18.9. The Balaban J connectivity index is 1.74. The van der Waals surface area contributed by atoms with Crippen LogP contribution >= 0.6 is 7.37 Å². The predicted molar refractivity (Wildman–Crippen MR) is 134 cm³/mol. The van der Waals surface area contributed by atoms with E-state index in [4.69, 9.17) is 10.8 Å². The third kappa shape index (κ3) is 7.77. The number of Topliss-reactive ketones (excluding diaryl/α,β-unsaturated/α-hetero) is 1. The van der Waals surface area contributed by atoms with Crippen LogP contribution in [0.1, 0.15) is 17.5 Å². The quantitative estimate of drug-likeness (QED) is 0.332. The molecule has 0 aliphatic heterocycles. The summed E-state index contributed by atoms with van der Waals surface area (Å²) in [4.78, 5) is 34.7. The summed E-state index contributed by atoms with van der Waals surface area (Å²) in [5.74, 6) is -2.47. The SMILES string of the molecule is N[C@@H](CC(=O)[C@H](Cc1ccc(-c2ccccc2)cc1)CP(=O)(O)CCc1ccccc1)C(=O)O. The van der Waals surface area contributed by atoms with E-state index in [9.17, 15) is 19.0 Å². The Morgan fingerprint density at radius 2 is 1.38 bits per heavy atom. The van der Waals surface area contributed by atoms with E-state index in [0.717, 1.165) is 22.3 Å². The molecule has 3 aromatic rings. The first-order chi connectivity index (χ1) is 16.2. The van der Waals surface area contributed by atoms with Crippen LogP contribution in [-0.4, -0.2) is 40.1 Å². The normalized spacial score (nSPS) is 14.6. The third-order valence-corrected chi connectivity index (χ3v) is 7.77. The van der Waals surface area contributed by atoms with Crippen molar-refractivity contribution < 1.29 is 24.2 Å². The van der Waals surface area contributed by atoms with Crippen molar-refractivity contribution in [2.45, 2.75) is 25.3 Å². The van der Waals surface area contributed by atoms with Gasteiger partial charge in [0.25, 0.3) is 0 Å². The summed E-state index contributed by atoms with van der Waals surface area (Å²) < 4.78 is 13.0. The molecular weight excluding hydrogens is 449 g/mol. The molecule has 0 saturated heterocycles. The van der Waals surface area contributed by atoms with E-state index in [-0.39, 0.29) is 25.2 Å². The molecule has 0 spiro atoms.